The number of hydrogen-bond acceptors (Lipinski definition) is 1. The molecule has 24 heavy (non-hydrogen) atoms. The van der Waals surface area contributed by atoms with Gasteiger partial charge in [0.1, 0.15) is 11.6 Å². The van der Waals surface area contributed by atoms with Crippen LogP contribution in [0.1, 0.15) is 0 Å². The smallest absolute Gasteiger partial charge is 0.133 e. The Kier molecular flexibility index (Phi) is 3.54. The number of halogens is 2. The van der Waals surface area contributed by atoms with Crippen LogP contribution in [-0.4, -0.2) is 4.98 Å². The van der Waals surface area contributed by atoms with E-state index in [0.29, 0.717) is 27.7 Å². The van der Waals surface area contributed by atoms with Crippen molar-refractivity contribution in [2.45, 2.75) is 0 Å². The molecule has 0 radical (unpaired) electrons. The molecule has 0 atom stereocenters. The maximum atomic E-state index is 14.4. The lowest BCUT2D eigenvalue weighted by atomic mass is 9.98. The van der Waals surface area contributed by atoms with Gasteiger partial charge in [0.15, 0.2) is 0 Å². The summed E-state index contributed by atoms with van der Waals surface area (Å²) in [5, 5.41) is 0.448. The third-order valence-corrected chi connectivity index (χ3v) is 4.02. The van der Waals surface area contributed by atoms with E-state index in [2.05, 4.69) is 4.98 Å². The first-order chi connectivity index (χ1) is 11.7. The van der Waals surface area contributed by atoms with Crippen molar-refractivity contribution in [3.05, 3.63) is 90.5 Å². The highest BCUT2D eigenvalue weighted by molar-refractivity contribution is 5.97. The summed E-state index contributed by atoms with van der Waals surface area (Å²) in [6, 6.07) is 22.5. The number of benzene rings is 3. The Labute approximate surface area is 138 Å². The van der Waals surface area contributed by atoms with Gasteiger partial charge in [-0.3, -0.25) is 0 Å². The second-order valence-corrected chi connectivity index (χ2v) is 5.53. The Bertz CT molecular complexity index is 1030. The van der Waals surface area contributed by atoms with E-state index >= 15 is 0 Å². The Morgan fingerprint density at radius 3 is 2.12 bits per heavy atom. The Hall–Kier alpha value is -3.07. The summed E-state index contributed by atoms with van der Waals surface area (Å²) in [7, 11) is 0. The van der Waals surface area contributed by atoms with Crippen LogP contribution in [0.4, 0.5) is 8.78 Å². The average Bonchev–Trinajstić information content (AvgIpc) is 2.62. The topological polar surface area (TPSA) is 12.9 Å². The molecule has 0 saturated carbocycles. The third-order valence-electron chi connectivity index (χ3n) is 4.02. The average molecular weight is 317 g/mol. The molecule has 0 amide bonds. The van der Waals surface area contributed by atoms with Crippen LogP contribution < -0.4 is 0 Å². The number of aromatic nitrogens is 1. The van der Waals surface area contributed by atoms with Crippen LogP contribution in [0.15, 0.2) is 78.9 Å². The molecular formula is C21H13F2N. The molecule has 4 aromatic rings. The molecule has 0 aliphatic rings. The molecule has 1 aromatic heterocycles. The van der Waals surface area contributed by atoms with Crippen LogP contribution in [0.2, 0.25) is 0 Å². The minimum absolute atomic E-state index is 0.334. The summed E-state index contributed by atoms with van der Waals surface area (Å²) < 4.78 is 28.6. The van der Waals surface area contributed by atoms with Gasteiger partial charge in [-0.2, -0.15) is 0 Å². The molecule has 0 bridgehead atoms. The van der Waals surface area contributed by atoms with Gasteiger partial charge in [0.05, 0.1) is 11.2 Å². The first-order valence-electron chi connectivity index (χ1n) is 7.63. The minimum atomic E-state index is -0.347. The fraction of sp³-hybridized carbons (Fsp3) is 0. The zero-order chi connectivity index (χ0) is 16.5. The largest absolute Gasteiger partial charge is 0.248 e. The minimum Gasteiger partial charge on any atom is -0.248 e. The van der Waals surface area contributed by atoms with Crippen LogP contribution in [0.25, 0.3) is 33.3 Å². The number of fused-ring (bicyclic) bond motifs is 1. The highest BCUT2D eigenvalue weighted by atomic mass is 19.1. The van der Waals surface area contributed by atoms with Crippen molar-refractivity contribution in [1.29, 1.82) is 0 Å². The van der Waals surface area contributed by atoms with Gasteiger partial charge in [-0.15, -0.1) is 0 Å². The van der Waals surface area contributed by atoms with Crippen molar-refractivity contribution in [1.82, 2.24) is 4.98 Å². The fourth-order valence-corrected chi connectivity index (χ4v) is 2.90. The first kappa shape index (κ1) is 14.5. The molecule has 4 rings (SSSR count). The van der Waals surface area contributed by atoms with Crippen LogP contribution in [-0.2, 0) is 0 Å². The lowest BCUT2D eigenvalue weighted by Crippen LogP contribution is -1.93. The first-order valence-corrected chi connectivity index (χ1v) is 7.63. The standard InChI is InChI=1S/C21H13F2N/c22-17-10-5-4-9-15(17)20-13-16(14-7-2-1-3-8-14)21-18(23)11-6-12-19(21)24-20/h1-13H. The van der Waals surface area contributed by atoms with E-state index in [1.54, 1.807) is 36.4 Å². The van der Waals surface area contributed by atoms with Crippen LogP contribution in [0.5, 0.6) is 0 Å². The van der Waals surface area contributed by atoms with E-state index in [1.807, 2.05) is 30.3 Å². The molecule has 0 unspecified atom stereocenters. The van der Waals surface area contributed by atoms with Gasteiger partial charge in [-0.1, -0.05) is 48.5 Å². The van der Waals surface area contributed by atoms with E-state index in [0.717, 1.165) is 5.56 Å². The van der Waals surface area contributed by atoms with Gasteiger partial charge in [0.2, 0.25) is 0 Å². The summed E-state index contributed by atoms with van der Waals surface area (Å²) in [5.74, 6) is -0.682. The lowest BCUT2D eigenvalue weighted by molar-refractivity contribution is 0.631. The van der Waals surface area contributed by atoms with Crippen molar-refractivity contribution in [3.8, 4) is 22.4 Å². The predicted molar refractivity (Wildman–Crippen MR) is 92.5 cm³/mol. The molecule has 1 nitrogen and oxygen atoms in total. The van der Waals surface area contributed by atoms with Crippen molar-refractivity contribution < 1.29 is 8.78 Å². The van der Waals surface area contributed by atoms with E-state index in [-0.39, 0.29) is 11.6 Å². The molecule has 1 heterocycles. The maximum absolute atomic E-state index is 14.4. The quantitative estimate of drug-likeness (QED) is 0.452. The molecule has 0 saturated heterocycles. The molecule has 0 aliphatic carbocycles. The number of nitrogens with zero attached hydrogens (tertiary/aromatic N) is 1. The zero-order valence-electron chi connectivity index (χ0n) is 12.7. The number of rotatable bonds is 2. The van der Waals surface area contributed by atoms with Crippen LogP contribution in [0.3, 0.4) is 0 Å². The van der Waals surface area contributed by atoms with E-state index in [1.165, 1.54) is 12.1 Å². The van der Waals surface area contributed by atoms with Gasteiger partial charge in [-0.05, 0) is 41.5 Å². The highest BCUT2D eigenvalue weighted by Gasteiger charge is 2.14. The lowest BCUT2D eigenvalue weighted by Gasteiger charge is -2.11. The molecular weight excluding hydrogens is 304 g/mol. The molecule has 116 valence electrons. The second-order valence-electron chi connectivity index (χ2n) is 5.53. The van der Waals surface area contributed by atoms with Crippen molar-refractivity contribution >= 4 is 10.9 Å². The normalized spacial score (nSPS) is 10.9. The monoisotopic (exact) mass is 317 g/mol. The summed E-state index contributed by atoms with van der Waals surface area (Å²) in [5.41, 5.74) is 2.98. The second kappa shape index (κ2) is 5.85. The SMILES string of the molecule is Fc1ccccc1-c1cc(-c2ccccc2)c2c(F)cccc2n1. The molecule has 0 fully saturated rings. The van der Waals surface area contributed by atoms with Crippen LogP contribution >= 0.6 is 0 Å². The number of hydrogen-bond donors (Lipinski definition) is 0. The van der Waals surface area contributed by atoms with Crippen molar-refractivity contribution in [2.24, 2.45) is 0 Å². The van der Waals surface area contributed by atoms with Gasteiger partial charge < -0.3 is 0 Å². The Morgan fingerprint density at radius 2 is 1.33 bits per heavy atom. The molecule has 0 spiro atoms. The molecule has 3 aromatic carbocycles. The van der Waals surface area contributed by atoms with Crippen molar-refractivity contribution in [2.75, 3.05) is 0 Å². The molecule has 0 aliphatic heterocycles. The van der Waals surface area contributed by atoms with E-state index in [9.17, 15) is 8.78 Å². The molecule has 0 N–H and O–H groups in total. The Balaban J connectivity index is 2.07. The summed E-state index contributed by atoms with van der Waals surface area (Å²) >= 11 is 0. The summed E-state index contributed by atoms with van der Waals surface area (Å²) in [6.07, 6.45) is 0. The van der Waals surface area contributed by atoms with E-state index in [4.69, 9.17) is 0 Å². The van der Waals surface area contributed by atoms with Gasteiger partial charge in [0, 0.05) is 10.9 Å². The predicted octanol–water partition coefficient (Wildman–Crippen LogP) is 5.85. The van der Waals surface area contributed by atoms with Gasteiger partial charge >= 0.3 is 0 Å². The van der Waals surface area contributed by atoms with E-state index < -0.39 is 0 Å². The highest BCUT2D eigenvalue weighted by Crippen LogP contribution is 2.34. The van der Waals surface area contributed by atoms with Crippen molar-refractivity contribution in [3.63, 3.8) is 0 Å². The Morgan fingerprint density at radius 1 is 0.625 bits per heavy atom. The number of pyridine rings is 1. The third kappa shape index (κ3) is 2.44. The molecule has 3 heteroatoms. The maximum Gasteiger partial charge on any atom is 0.133 e. The fourth-order valence-electron chi connectivity index (χ4n) is 2.90. The van der Waals surface area contributed by atoms with Gasteiger partial charge in [0.25, 0.3) is 0 Å². The van der Waals surface area contributed by atoms with Crippen LogP contribution in [0, 0.1) is 11.6 Å². The van der Waals surface area contributed by atoms with Gasteiger partial charge in [-0.25, -0.2) is 13.8 Å². The summed E-state index contributed by atoms with van der Waals surface area (Å²) in [4.78, 5) is 4.47. The zero-order valence-corrected chi connectivity index (χ0v) is 12.7. The summed E-state index contributed by atoms with van der Waals surface area (Å²) in [6.45, 7) is 0.